The average molecular weight is 273 g/mol. The predicted octanol–water partition coefficient (Wildman–Crippen LogP) is 2.93. The Hall–Kier alpha value is -1.10. The van der Waals surface area contributed by atoms with Gasteiger partial charge in [0.2, 0.25) is 0 Å². The molecule has 3 rings (SSSR count). The third-order valence-corrected chi connectivity index (χ3v) is 4.82. The van der Waals surface area contributed by atoms with Gasteiger partial charge in [0.05, 0.1) is 0 Å². The Morgan fingerprint density at radius 2 is 2.21 bits per heavy atom. The summed E-state index contributed by atoms with van der Waals surface area (Å²) in [5.41, 5.74) is 0. The maximum atomic E-state index is 4.16. The van der Waals surface area contributed by atoms with Crippen molar-refractivity contribution < 1.29 is 0 Å². The fraction of sp³-hybridized carbons (Fsp3) is 0.400. The van der Waals surface area contributed by atoms with Crippen molar-refractivity contribution in [2.45, 2.75) is 24.3 Å². The summed E-state index contributed by atoms with van der Waals surface area (Å²) in [7, 11) is 0. The van der Waals surface area contributed by atoms with Gasteiger partial charge in [0.25, 0.3) is 0 Å². The van der Waals surface area contributed by atoms with E-state index < -0.39 is 0 Å². The van der Waals surface area contributed by atoms with Gasteiger partial charge in [-0.1, -0.05) is 6.07 Å². The minimum Gasteiger partial charge on any atom is -0.315 e. The van der Waals surface area contributed by atoms with Crippen LogP contribution >= 0.6 is 11.9 Å². The normalized spacial score (nSPS) is 21.4. The molecule has 0 radical (unpaired) electrons. The van der Waals surface area contributed by atoms with Crippen LogP contribution in [-0.2, 0) is 0 Å². The lowest BCUT2D eigenvalue weighted by molar-refractivity contribution is 0.390. The summed E-state index contributed by atoms with van der Waals surface area (Å²) in [6, 6.07) is 9.30. The predicted molar refractivity (Wildman–Crippen MR) is 81.3 cm³/mol. The summed E-state index contributed by atoms with van der Waals surface area (Å²) in [5.74, 6) is 0. The Morgan fingerprint density at radius 3 is 3.16 bits per heavy atom. The van der Waals surface area contributed by atoms with Crippen LogP contribution in [0.2, 0.25) is 0 Å². The molecular formula is C15H19N3S. The molecule has 2 aromatic rings. The number of hydrogen-bond donors (Lipinski definition) is 1. The van der Waals surface area contributed by atoms with E-state index in [-0.39, 0.29) is 0 Å². The maximum absolute atomic E-state index is 4.16. The van der Waals surface area contributed by atoms with Gasteiger partial charge in [-0.2, -0.15) is 0 Å². The highest BCUT2D eigenvalue weighted by molar-refractivity contribution is 7.97. The lowest BCUT2D eigenvalue weighted by Crippen LogP contribution is -2.27. The molecule has 1 aliphatic heterocycles. The Balaban J connectivity index is 1.80. The SMILES string of the molecule is CC1CCNCCN1Sc1ccc2cnccc2c1. The molecule has 1 aromatic heterocycles. The van der Waals surface area contributed by atoms with Gasteiger partial charge in [-0.25, -0.2) is 4.31 Å². The zero-order valence-corrected chi connectivity index (χ0v) is 12.0. The average Bonchev–Trinajstić information content (AvgIpc) is 2.64. The van der Waals surface area contributed by atoms with Crippen molar-refractivity contribution in [3.63, 3.8) is 0 Å². The molecule has 1 fully saturated rings. The van der Waals surface area contributed by atoms with Gasteiger partial charge in [-0.15, -0.1) is 0 Å². The molecule has 3 nitrogen and oxygen atoms in total. The van der Waals surface area contributed by atoms with Crippen LogP contribution in [0.25, 0.3) is 10.8 Å². The molecule has 1 N–H and O–H groups in total. The summed E-state index contributed by atoms with van der Waals surface area (Å²) in [5, 5.41) is 5.93. The second-order valence-corrected chi connectivity index (χ2v) is 6.13. The number of nitrogens with zero attached hydrogens (tertiary/aromatic N) is 2. The van der Waals surface area contributed by atoms with E-state index in [0.29, 0.717) is 6.04 Å². The van der Waals surface area contributed by atoms with Crippen molar-refractivity contribution in [1.82, 2.24) is 14.6 Å². The highest BCUT2D eigenvalue weighted by Gasteiger charge is 2.17. The van der Waals surface area contributed by atoms with Crippen molar-refractivity contribution in [3.8, 4) is 0 Å². The molecule has 19 heavy (non-hydrogen) atoms. The quantitative estimate of drug-likeness (QED) is 0.852. The third kappa shape index (κ3) is 3.08. The van der Waals surface area contributed by atoms with E-state index in [1.807, 2.05) is 24.3 Å². The van der Waals surface area contributed by atoms with Crippen molar-refractivity contribution in [1.29, 1.82) is 0 Å². The van der Waals surface area contributed by atoms with Crippen LogP contribution in [-0.4, -0.2) is 35.0 Å². The second-order valence-electron chi connectivity index (χ2n) is 5.00. The molecule has 1 unspecified atom stereocenters. The second kappa shape index (κ2) is 5.90. The monoisotopic (exact) mass is 273 g/mol. The summed E-state index contributed by atoms with van der Waals surface area (Å²) in [6.07, 6.45) is 4.99. The first-order valence-electron chi connectivity index (χ1n) is 6.82. The van der Waals surface area contributed by atoms with Gasteiger partial charge < -0.3 is 5.32 Å². The first-order valence-corrected chi connectivity index (χ1v) is 7.59. The molecule has 0 spiro atoms. The topological polar surface area (TPSA) is 28.2 Å². The van der Waals surface area contributed by atoms with E-state index in [0.717, 1.165) is 19.6 Å². The van der Waals surface area contributed by atoms with E-state index >= 15 is 0 Å². The standard InChI is InChI=1S/C15H19N3S/c1-12-4-6-16-8-9-18(12)19-15-3-2-14-11-17-7-5-13(14)10-15/h2-3,5,7,10-12,16H,4,6,8-9H2,1H3. The smallest absolute Gasteiger partial charge is 0.0346 e. The number of hydrogen-bond acceptors (Lipinski definition) is 4. The van der Waals surface area contributed by atoms with E-state index in [2.05, 4.69) is 45.8 Å². The lowest BCUT2D eigenvalue weighted by atomic mass is 10.2. The van der Waals surface area contributed by atoms with Crippen LogP contribution in [0.5, 0.6) is 0 Å². The van der Waals surface area contributed by atoms with Crippen LogP contribution in [0, 0.1) is 0 Å². The number of fused-ring (bicyclic) bond motifs is 1. The van der Waals surface area contributed by atoms with E-state index in [9.17, 15) is 0 Å². The van der Waals surface area contributed by atoms with Crippen LogP contribution in [0.4, 0.5) is 0 Å². The number of nitrogens with one attached hydrogen (secondary N) is 1. The summed E-state index contributed by atoms with van der Waals surface area (Å²) >= 11 is 1.87. The molecule has 0 bridgehead atoms. The van der Waals surface area contributed by atoms with Crippen molar-refractivity contribution in [2.75, 3.05) is 19.6 Å². The minimum atomic E-state index is 0.619. The van der Waals surface area contributed by atoms with Gasteiger partial charge >= 0.3 is 0 Å². The van der Waals surface area contributed by atoms with Crippen LogP contribution < -0.4 is 5.32 Å². The van der Waals surface area contributed by atoms with Gasteiger partial charge in [-0.05, 0) is 55.4 Å². The van der Waals surface area contributed by atoms with Gasteiger partial charge in [0, 0.05) is 41.8 Å². The summed E-state index contributed by atoms with van der Waals surface area (Å²) in [6.45, 7) is 5.61. The Bertz CT molecular complexity index is 558. The largest absolute Gasteiger partial charge is 0.315 e. The number of pyridine rings is 1. The van der Waals surface area contributed by atoms with Gasteiger partial charge in [0.1, 0.15) is 0 Å². The zero-order valence-electron chi connectivity index (χ0n) is 11.2. The summed E-state index contributed by atoms with van der Waals surface area (Å²) < 4.78 is 2.49. The number of aromatic nitrogens is 1. The van der Waals surface area contributed by atoms with Crippen LogP contribution in [0.15, 0.2) is 41.6 Å². The van der Waals surface area contributed by atoms with Crippen molar-refractivity contribution >= 4 is 22.7 Å². The molecule has 100 valence electrons. The third-order valence-electron chi connectivity index (χ3n) is 3.57. The van der Waals surface area contributed by atoms with Crippen molar-refractivity contribution in [2.24, 2.45) is 0 Å². The number of benzene rings is 1. The zero-order chi connectivity index (χ0) is 13.1. The Kier molecular flexibility index (Phi) is 4.01. The molecule has 4 heteroatoms. The Morgan fingerprint density at radius 1 is 1.26 bits per heavy atom. The molecule has 0 aliphatic carbocycles. The molecule has 0 saturated carbocycles. The molecule has 1 atom stereocenters. The van der Waals surface area contributed by atoms with E-state index in [4.69, 9.17) is 0 Å². The van der Waals surface area contributed by atoms with Gasteiger partial charge in [0.15, 0.2) is 0 Å². The lowest BCUT2D eigenvalue weighted by Gasteiger charge is -2.25. The summed E-state index contributed by atoms with van der Waals surface area (Å²) in [4.78, 5) is 5.47. The molecular weight excluding hydrogens is 254 g/mol. The number of rotatable bonds is 2. The highest BCUT2D eigenvalue weighted by atomic mass is 32.2. The molecule has 1 aliphatic rings. The van der Waals surface area contributed by atoms with Crippen LogP contribution in [0.3, 0.4) is 0 Å². The molecule has 1 aromatic carbocycles. The first kappa shape index (κ1) is 12.9. The fourth-order valence-corrected chi connectivity index (χ4v) is 3.43. The highest BCUT2D eigenvalue weighted by Crippen LogP contribution is 2.28. The minimum absolute atomic E-state index is 0.619. The first-order chi connectivity index (χ1) is 9.33. The fourth-order valence-electron chi connectivity index (χ4n) is 2.38. The van der Waals surface area contributed by atoms with Crippen molar-refractivity contribution in [3.05, 3.63) is 36.7 Å². The van der Waals surface area contributed by atoms with E-state index in [1.165, 1.54) is 22.1 Å². The molecule has 2 heterocycles. The molecule has 0 amide bonds. The van der Waals surface area contributed by atoms with Gasteiger partial charge in [-0.3, -0.25) is 4.98 Å². The molecule has 1 saturated heterocycles. The van der Waals surface area contributed by atoms with Crippen LogP contribution in [0.1, 0.15) is 13.3 Å². The van der Waals surface area contributed by atoms with E-state index in [1.54, 1.807) is 0 Å². The Labute approximate surface area is 118 Å². The maximum Gasteiger partial charge on any atom is 0.0346 e.